The molecule has 0 saturated heterocycles. The number of rotatable bonds is 3. The van der Waals surface area contributed by atoms with Crippen LogP contribution in [0.4, 0.5) is 10.5 Å². The largest absolute Gasteiger partial charge is 0.329 e. The number of sulfonamides is 1. The molecule has 2 heterocycles. The number of carbonyl (C=O) groups excluding carboxylic acids is 1. The molecule has 128 valence electrons. The zero-order valence-electron chi connectivity index (χ0n) is 13.4. The minimum Gasteiger partial charge on any atom is -0.329 e. The molecule has 24 heavy (non-hydrogen) atoms. The Morgan fingerprint density at radius 3 is 2.67 bits per heavy atom. The van der Waals surface area contributed by atoms with Gasteiger partial charge in [-0.05, 0) is 35.6 Å². The zero-order chi connectivity index (χ0) is 17.3. The lowest BCUT2D eigenvalue weighted by Crippen LogP contribution is -2.44. The summed E-state index contributed by atoms with van der Waals surface area (Å²) in [7, 11) is -1.92. The van der Waals surface area contributed by atoms with E-state index in [4.69, 9.17) is 0 Å². The fourth-order valence-corrected chi connectivity index (χ4v) is 5.34. The summed E-state index contributed by atoms with van der Waals surface area (Å²) in [4.78, 5) is 13.2. The maximum Gasteiger partial charge on any atom is 0.319 e. The fraction of sp³-hybridized carbons (Fsp3) is 0.312. The van der Waals surface area contributed by atoms with Crippen LogP contribution in [-0.4, -0.2) is 32.3 Å². The van der Waals surface area contributed by atoms with E-state index in [0.717, 1.165) is 6.42 Å². The minimum atomic E-state index is -3.44. The normalized spacial score (nSPS) is 19.5. The number of carbonyl (C=O) groups is 1. The van der Waals surface area contributed by atoms with Crippen LogP contribution in [0.25, 0.3) is 0 Å². The molecule has 0 radical (unpaired) electrons. The monoisotopic (exact) mass is 365 g/mol. The molecule has 3 rings (SSSR count). The highest BCUT2D eigenvalue weighted by Gasteiger charge is 2.36. The highest BCUT2D eigenvalue weighted by molar-refractivity contribution is 7.89. The third-order valence-corrected chi connectivity index (χ3v) is 7.07. The SMILES string of the molecule is CCc1ccc(NC(=O)NC2CN(C)S(=O)(=O)c3ccsc32)cc1. The number of nitrogens with one attached hydrogen (secondary N) is 2. The van der Waals surface area contributed by atoms with E-state index in [1.807, 2.05) is 24.3 Å². The van der Waals surface area contributed by atoms with E-state index in [2.05, 4.69) is 17.6 Å². The Morgan fingerprint density at radius 2 is 2.00 bits per heavy atom. The van der Waals surface area contributed by atoms with Gasteiger partial charge in [-0.25, -0.2) is 13.2 Å². The van der Waals surface area contributed by atoms with Crippen molar-refractivity contribution in [3.8, 4) is 0 Å². The summed E-state index contributed by atoms with van der Waals surface area (Å²) >= 11 is 1.34. The summed E-state index contributed by atoms with van der Waals surface area (Å²) < 4.78 is 25.8. The zero-order valence-corrected chi connectivity index (χ0v) is 15.1. The number of hydrogen-bond donors (Lipinski definition) is 2. The maximum absolute atomic E-state index is 12.3. The number of fused-ring (bicyclic) bond motifs is 1. The fourth-order valence-electron chi connectivity index (χ4n) is 2.64. The third-order valence-electron chi connectivity index (χ3n) is 4.03. The Labute approximate surface area is 145 Å². The van der Waals surface area contributed by atoms with E-state index in [1.54, 1.807) is 11.4 Å². The second kappa shape index (κ2) is 6.54. The van der Waals surface area contributed by atoms with Crippen LogP contribution in [0, 0.1) is 0 Å². The Bertz CT molecular complexity index is 844. The van der Waals surface area contributed by atoms with Crippen LogP contribution in [0.15, 0.2) is 40.6 Å². The quantitative estimate of drug-likeness (QED) is 0.878. The Morgan fingerprint density at radius 1 is 1.29 bits per heavy atom. The van der Waals surface area contributed by atoms with Crippen molar-refractivity contribution in [3.63, 3.8) is 0 Å². The molecular formula is C16H19N3O3S2. The lowest BCUT2D eigenvalue weighted by molar-refractivity contribution is 0.246. The first-order valence-corrected chi connectivity index (χ1v) is 9.94. The number of thiophene rings is 1. The van der Waals surface area contributed by atoms with Crippen molar-refractivity contribution in [1.82, 2.24) is 9.62 Å². The van der Waals surface area contributed by atoms with Crippen molar-refractivity contribution >= 4 is 33.1 Å². The maximum atomic E-state index is 12.3. The molecule has 1 aromatic heterocycles. The molecule has 6 nitrogen and oxygen atoms in total. The van der Waals surface area contributed by atoms with Gasteiger partial charge in [-0.3, -0.25) is 0 Å². The Kier molecular flexibility index (Phi) is 4.62. The van der Waals surface area contributed by atoms with Gasteiger partial charge in [0.1, 0.15) is 0 Å². The van der Waals surface area contributed by atoms with Gasteiger partial charge in [0.2, 0.25) is 10.0 Å². The summed E-state index contributed by atoms with van der Waals surface area (Å²) in [5.74, 6) is 0. The molecule has 0 bridgehead atoms. The van der Waals surface area contributed by atoms with Crippen molar-refractivity contribution in [2.45, 2.75) is 24.3 Å². The minimum absolute atomic E-state index is 0.220. The first-order valence-electron chi connectivity index (χ1n) is 7.62. The second-order valence-corrected chi connectivity index (χ2v) is 8.60. The number of likely N-dealkylation sites (N-methyl/N-ethyl adjacent to an activating group) is 1. The molecule has 2 aromatic rings. The molecule has 2 amide bonds. The van der Waals surface area contributed by atoms with Crippen LogP contribution in [-0.2, 0) is 16.4 Å². The lowest BCUT2D eigenvalue weighted by atomic mass is 10.1. The molecule has 8 heteroatoms. The van der Waals surface area contributed by atoms with E-state index < -0.39 is 10.0 Å². The first-order chi connectivity index (χ1) is 11.4. The number of amides is 2. The molecule has 1 unspecified atom stereocenters. The first kappa shape index (κ1) is 16.9. The molecule has 0 fully saturated rings. The molecule has 1 aliphatic heterocycles. The van der Waals surface area contributed by atoms with Crippen LogP contribution < -0.4 is 10.6 Å². The van der Waals surface area contributed by atoms with E-state index in [1.165, 1.54) is 28.3 Å². The molecule has 1 aliphatic rings. The summed E-state index contributed by atoms with van der Waals surface area (Å²) in [6, 6.07) is 8.52. The summed E-state index contributed by atoms with van der Waals surface area (Å²) in [6.07, 6.45) is 0.941. The van der Waals surface area contributed by atoms with Gasteiger partial charge >= 0.3 is 6.03 Å². The van der Waals surface area contributed by atoms with Crippen LogP contribution >= 0.6 is 11.3 Å². The van der Waals surface area contributed by atoms with Crippen molar-refractivity contribution < 1.29 is 13.2 Å². The van der Waals surface area contributed by atoms with E-state index in [9.17, 15) is 13.2 Å². The predicted molar refractivity (Wildman–Crippen MR) is 94.9 cm³/mol. The number of benzene rings is 1. The topological polar surface area (TPSA) is 78.5 Å². The summed E-state index contributed by atoms with van der Waals surface area (Å²) in [5.41, 5.74) is 1.90. The highest BCUT2D eigenvalue weighted by atomic mass is 32.2. The van der Waals surface area contributed by atoms with E-state index >= 15 is 0 Å². The van der Waals surface area contributed by atoms with Gasteiger partial charge < -0.3 is 10.6 Å². The van der Waals surface area contributed by atoms with Gasteiger partial charge in [0.05, 0.1) is 10.9 Å². The molecule has 1 aromatic carbocycles. The van der Waals surface area contributed by atoms with Crippen molar-refractivity contribution in [2.24, 2.45) is 0 Å². The van der Waals surface area contributed by atoms with Gasteiger partial charge in [-0.1, -0.05) is 19.1 Å². The molecule has 0 aliphatic carbocycles. The number of aryl methyl sites for hydroxylation is 1. The summed E-state index contributed by atoms with van der Waals surface area (Å²) in [5, 5.41) is 7.38. The van der Waals surface area contributed by atoms with E-state index in [-0.39, 0.29) is 23.5 Å². The molecule has 2 N–H and O–H groups in total. The smallest absolute Gasteiger partial charge is 0.319 e. The average Bonchev–Trinajstić information content (AvgIpc) is 3.04. The van der Waals surface area contributed by atoms with Gasteiger partial charge in [-0.15, -0.1) is 11.3 Å². The number of hydrogen-bond acceptors (Lipinski definition) is 4. The van der Waals surface area contributed by atoms with Crippen LogP contribution in [0.3, 0.4) is 0 Å². The average molecular weight is 365 g/mol. The van der Waals surface area contributed by atoms with Crippen molar-refractivity contribution in [1.29, 1.82) is 0 Å². The van der Waals surface area contributed by atoms with Crippen molar-refractivity contribution in [2.75, 3.05) is 18.9 Å². The third kappa shape index (κ3) is 3.17. The Balaban J connectivity index is 1.73. The lowest BCUT2D eigenvalue weighted by Gasteiger charge is -2.29. The van der Waals surface area contributed by atoms with Crippen LogP contribution in [0.2, 0.25) is 0 Å². The standard InChI is InChI=1S/C16H19N3O3S2/c1-3-11-4-6-12(7-5-11)17-16(20)18-13-10-19(2)24(21,22)14-8-9-23-15(13)14/h4-9,13H,3,10H2,1-2H3,(H2,17,18,20). The second-order valence-electron chi connectivity index (χ2n) is 5.64. The predicted octanol–water partition coefficient (Wildman–Crippen LogP) is 2.81. The van der Waals surface area contributed by atoms with Gasteiger partial charge in [0.15, 0.2) is 0 Å². The Hall–Kier alpha value is -1.90. The van der Waals surface area contributed by atoms with Gasteiger partial charge in [0.25, 0.3) is 0 Å². The number of anilines is 1. The number of urea groups is 1. The van der Waals surface area contributed by atoms with Crippen molar-refractivity contribution in [3.05, 3.63) is 46.2 Å². The van der Waals surface area contributed by atoms with Gasteiger partial charge in [0, 0.05) is 24.2 Å². The molecule has 0 spiro atoms. The van der Waals surface area contributed by atoms with Crippen LogP contribution in [0.1, 0.15) is 23.4 Å². The molecular weight excluding hydrogens is 346 g/mol. The molecule has 1 atom stereocenters. The number of nitrogens with zero attached hydrogens (tertiary/aromatic N) is 1. The van der Waals surface area contributed by atoms with Crippen LogP contribution in [0.5, 0.6) is 0 Å². The highest BCUT2D eigenvalue weighted by Crippen LogP contribution is 2.35. The molecule has 0 saturated carbocycles. The summed E-state index contributed by atoms with van der Waals surface area (Å²) in [6.45, 7) is 2.29. The van der Waals surface area contributed by atoms with Gasteiger partial charge in [-0.2, -0.15) is 4.31 Å². The van der Waals surface area contributed by atoms with E-state index in [0.29, 0.717) is 10.6 Å².